The summed E-state index contributed by atoms with van der Waals surface area (Å²) in [6.45, 7) is 3.53. The van der Waals surface area contributed by atoms with Crippen LogP contribution in [0.1, 0.15) is 18.7 Å². The van der Waals surface area contributed by atoms with Gasteiger partial charge in [-0.3, -0.25) is 4.90 Å². The van der Waals surface area contributed by atoms with Crippen molar-refractivity contribution in [3.05, 3.63) is 17.3 Å². The topological polar surface area (TPSA) is 64.3 Å². The number of fused-ring (bicyclic) bond motifs is 1. The fraction of sp³-hybridized carbons (Fsp3) is 0.571. The molecule has 0 spiro atoms. The van der Waals surface area contributed by atoms with Crippen LogP contribution in [0.5, 0.6) is 0 Å². The van der Waals surface area contributed by atoms with Crippen LogP contribution in [0, 0.1) is 5.92 Å². The highest BCUT2D eigenvalue weighted by Crippen LogP contribution is 2.23. The van der Waals surface area contributed by atoms with E-state index in [1.807, 2.05) is 11.4 Å². The predicted molar refractivity (Wildman–Crippen MR) is 81.7 cm³/mol. The number of thiophene rings is 1. The van der Waals surface area contributed by atoms with Gasteiger partial charge in [-0.2, -0.15) is 0 Å². The van der Waals surface area contributed by atoms with Gasteiger partial charge in [-0.1, -0.05) is 0 Å². The van der Waals surface area contributed by atoms with E-state index in [1.165, 1.54) is 12.8 Å². The van der Waals surface area contributed by atoms with Gasteiger partial charge in [0, 0.05) is 13.2 Å². The molecule has 0 radical (unpaired) electrons. The first kappa shape index (κ1) is 13.7. The first-order valence-electron chi connectivity index (χ1n) is 6.98. The van der Waals surface area contributed by atoms with Crippen LogP contribution in [0.4, 0.5) is 5.82 Å². The van der Waals surface area contributed by atoms with Crippen molar-refractivity contribution in [3.8, 4) is 0 Å². The lowest BCUT2D eigenvalue weighted by Crippen LogP contribution is -2.31. The Balaban J connectivity index is 1.65. The summed E-state index contributed by atoms with van der Waals surface area (Å²) in [5.41, 5.74) is 5.98. The first-order valence-corrected chi connectivity index (χ1v) is 7.86. The molecule has 0 amide bonds. The van der Waals surface area contributed by atoms with Crippen LogP contribution in [0.3, 0.4) is 0 Å². The van der Waals surface area contributed by atoms with E-state index in [2.05, 4.69) is 21.9 Å². The Labute approximate surface area is 122 Å². The lowest BCUT2D eigenvalue weighted by molar-refractivity contribution is 0.0409. The van der Waals surface area contributed by atoms with Gasteiger partial charge in [-0.05, 0) is 37.3 Å². The maximum absolute atomic E-state index is 5.98. The third kappa shape index (κ3) is 3.08. The average molecular weight is 292 g/mol. The van der Waals surface area contributed by atoms with Crippen LogP contribution in [0.25, 0.3) is 10.2 Å². The Morgan fingerprint density at radius 2 is 2.40 bits per heavy atom. The number of rotatable bonds is 4. The molecule has 5 nitrogen and oxygen atoms in total. The molecule has 0 aliphatic carbocycles. The maximum Gasteiger partial charge on any atom is 0.146 e. The molecular weight excluding hydrogens is 272 g/mol. The molecule has 6 heteroatoms. The minimum absolute atomic E-state index is 0.584. The van der Waals surface area contributed by atoms with Gasteiger partial charge in [0.2, 0.25) is 0 Å². The van der Waals surface area contributed by atoms with Crippen molar-refractivity contribution in [2.24, 2.45) is 5.92 Å². The number of nitrogens with two attached hydrogens (primary N) is 1. The number of ether oxygens (including phenoxy) is 1. The second-order valence-electron chi connectivity index (χ2n) is 5.44. The molecule has 1 saturated heterocycles. The van der Waals surface area contributed by atoms with E-state index in [0.717, 1.165) is 42.3 Å². The van der Waals surface area contributed by atoms with Crippen LogP contribution in [0.2, 0.25) is 0 Å². The molecule has 3 rings (SSSR count). The zero-order valence-electron chi connectivity index (χ0n) is 11.7. The lowest BCUT2D eigenvalue weighted by atomic mass is 10.0. The van der Waals surface area contributed by atoms with Crippen molar-refractivity contribution in [1.29, 1.82) is 0 Å². The summed E-state index contributed by atoms with van der Waals surface area (Å²) in [6.07, 6.45) is 2.42. The fourth-order valence-electron chi connectivity index (χ4n) is 2.69. The minimum atomic E-state index is 0.584. The first-order chi connectivity index (χ1) is 9.72. The Kier molecular flexibility index (Phi) is 4.14. The second-order valence-corrected chi connectivity index (χ2v) is 6.34. The lowest BCUT2D eigenvalue weighted by Gasteiger charge is -2.26. The second kappa shape index (κ2) is 6.03. The van der Waals surface area contributed by atoms with Crippen molar-refractivity contribution in [2.75, 3.05) is 32.5 Å². The molecule has 1 aliphatic rings. The molecule has 0 saturated carbocycles. The van der Waals surface area contributed by atoms with Crippen molar-refractivity contribution >= 4 is 27.4 Å². The summed E-state index contributed by atoms with van der Waals surface area (Å²) >= 11 is 1.61. The number of nitrogens with zero attached hydrogens (tertiary/aromatic N) is 3. The highest BCUT2D eigenvalue weighted by atomic mass is 32.1. The molecule has 108 valence electrons. The van der Waals surface area contributed by atoms with Gasteiger partial charge in [0.1, 0.15) is 16.5 Å². The average Bonchev–Trinajstić information content (AvgIpc) is 2.88. The van der Waals surface area contributed by atoms with Crippen molar-refractivity contribution < 1.29 is 4.74 Å². The van der Waals surface area contributed by atoms with E-state index in [9.17, 15) is 0 Å². The quantitative estimate of drug-likeness (QED) is 0.935. The third-order valence-corrected chi connectivity index (χ3v) is 4.44. The number of hydrogen-bond donors (Lipinski definition) is 1. The number of aromatic nitrogens is 2. The van der Waals surface area contributed by atoms with E-state index in [1.54, 1.807) is 11.3 Å². The van der Waals surface area contributed by atoms with E-state index < -0.39 is 0 Å². The number of hydrogen-bond acceptors (Lipinski definition) is 6. The van der Waals surface area contributed by atoms with Gasteiger partial charge >= 0.3 is 0 Å². The van der Waals surface area contributed by atoms with Gasteiger partial charge < -0.3 is 10.5 Å². The molecule has 1 unspecified atom stereocenters. The third-order valence-electron chi connectivity index (χ3n) is 3.64. The van der Waals surface area contributed by atoms with Gasteiger partial charge in [0.05, 0.1) is 18.5 Å². The predicted octanol–water partition coefficient (Wildman–Crippen LogP) is 2.13. The van der Waals surface area contributed by atoms with Gasteiger partial charge in [0.25, 0.3) is 0 Å². The summed E-state index contributed by atoms with van der Waals surface area (Å²) in [4.78, 5) is 12.2. The Hall–Kier alpha value is -1.24. The van der Waals surface area contributed by atoms with E-state index in [-0.39, 0.29) is 0 Å². The summed E-state index contributed by atoms with van der Waals surface area (Å²) < 4.78 is 5.52. The van der Waals surface area contributed by atoms with Crippen molar-refractivity contribution in [1.82, 2.24) is 14.9 Å². The molecular formula is C14H20N4OS. The molecule has 20 heavy (non-hydrogen) atoms. The van der Waals surface area contributed by atoms with Crippen LogP contribution in [-0.2, 0) is 11.3 Å². The summed E-state index contributed by atoms with van der Waals surface area (Å²) in [6, 6.07) is 1.97. The monoisotopic (exact) mass is 292 g/mol. The Morgan fingerprint density at radius 3 is 3.20 bits per heavy atom. The zero-order valence-corrected chi connectivity index (χ0v) is 12.5. The summed E-state index contributed by atoms with van der Waals surface area (Å²) in [5.74, 6) is 2.01. The molecule has 1 atom stereocenters. The molecule has 2 N–H and O–H groups in total. The number of anilines is 1. The summed E-state index contributed by atoms with van der Waals surface area (Å²) in [7, 11) is 2.10. The molecule has 3 heterocycles. The van der Waals surface area contributed by atoms with Crippen LogP contribution in [-0.4, -0.2) is 41.7 Å². The van der Waals surface area contributed by atoms with Crippen LogP contribution < -0.4 is 5.73 Å². The van der Waals surface area contributed by atoms with Gasteiger partial charge in [-0.15, -0.1) is 11.3 Å². The van der Waals surface area contributed by atoms with E-state index >= 15 is 0 Å². The van der Waals surface area contributed by atoms with E-state index in [0.29, 0.717) is 11.7 Å². The highest BCUT2D eigenvalue weighted by Gasteiger charge is 2.17. The molecule has 2 aromatic heterocycles. The highest BCUT2D eigenvalue weighted by molar-refractivity contribution is 7.16. The Bertz CT molecular complexity index is 580. The smallest absolute Gasteiger partial charge is 0.146 e. The van der Waals surface area contributed by atoms with Gasteiger partial charge in [-0.25, -0.2) is 9.97 Å². The van der Waals surface area contributed by atoms with Crippen LogP contribution in [0.15, 0.2) is 11.4 Å². The van der Waals surface area contributed by atoms with Gasteiger partial charge in [0.15, 0.2) is 0 Å². The largest absolute Gasteiger partial charge is 0.383 e. The molecule has 1 aliphatic heterocycles. The Morgan fingerprint density at radius 1 is 1.50 bits per heavy atom. The zero-order chi connectivity index (χ0) is 13.9. The standard InChI is InChI=1S/C14H20N4OS/c1-18(7-10-3-2-5-19-9-10)8-12-16-13(15)11-4-6-20-14(11)17-12/h4,6,10H,2-3,5,7-9H2,1H3,(H2,15,16,17). The molecule has 0 bridgehead atoms. The fourth-order valence-corrected chi connectivity index (χ4v) is 3.48. The molecule has 0 aromatic carbocycles. The van der Waals surface area contributed by atoms with Crippen molar-refractivity contribution in [2.45, 2.75) is 19.4 Å². The van der Waals surface area contributed by atoms with E-state index in [4.69, 9.17) is 10.5 Å². The minimum Gasteiger partial charge on any atom is -0.383 e. The molecule has 1 fully saturated rings. The SMILES string of the molecule is CN(Cc1nc(N)c2ccsc2n1)CC1CCCOC1. The maximum atomic E-state index is 5.98. The number of nitrogen functional groups attached to an aromatic ring is 1. The normalized spacial score (nSPS) is 19.8. The molecule has 2 aromatic rings. The van der Waals surface area contributed by atoms with Crippen molar-refractivity contribution in [3.63, 3.8) is 0 Å². The van der Waals surface area contributed by atoms with Crippen LogP contribution >= 0.6 is 11.3 Å². The summed E-state index contributed by atoms with van der Waals surface area (Å²) in [5, 5.41) is 2.96.